The summed E-state index contributed by atoms with van der Waals surface area (Å²) in [6.45, 7) is 1.92. The second kappa shape index (κ2) is 7.64. The van der Waals surface area contributed by atoms with Crippen LogP contribution in [0.5, 0.6) is 17.2 Å². The maximum Gasteiger partial charge on any atom is 0.360 e. The second-order valence-electron chi connectivity index (χ2n) is 6.36. The van der Waals surface area contributed by atoms with E-state index in [4.69, 9.17) is 14.2 Å². The van der Waals surface area contributed by atoms with Gasteiger partial charge >= 0.3 is 11.4 Å². The van der Waals surface area contributed by atoms with Crippen molar-refractivity contribution in [1.82, 2.24) is 19.2 Å². The topological polar surface area (TPSA) is 97.0 Å². The van der Waals surface area contributed by atoms with Crippen LogP contribution in [0, 0.1) is 6.92 Å². The minimum atomic E-state index is -0.663. The molecule has 0 aliphatic carbocycles. The third-order valence-electron chi connectivity index (χ3n) is 4.52. The summed E-state index contributed by atoms with van der Waals surface area (Å²) in [5.74, 6) is 1.34. The number of aryl methyl sites for hydroxylation is 1. The van der Waals surface area contributed by atoms with Crippen molar-refractivity contribution in [2.45, 2.75) is 6.92 Å². The monoisotopic (exact) mass is 426 g/mol. The Bertz CT molecular complexity index is 1330. The highest BCUT2D eigenvalue weighted by atomic mass is 32.1. The molecule has 2 heterocycles. The van der Waals surface area contributed by atoms with Gasteiger partial charge in [0.1, 0.15) is 5.01 Å². The number of rotatable bonds is 5. The largest absolute Gasteiger partial charge is 0.493 e. The summed E-state index contributed by atoms with van der Waals surface area (Å²) in [5.41, 5.74) is 0.820. The quantitative estimate of drug-likeness (QED) is 0.483. The molecule has 0 unspecified atom stereocenters. The van der Waals surface area contributed by atoms with Gasteiger partial charge in [0.05, 0.1) is 27.0 Å². The van der Waals surface area contributed by atoms with E-state index in [2.05, 4.69) is 10.1 Å². The van der Waals surface area contributed by atoms with Crippen molar-refractivity contribution in [2.75, 3.05) is 21.3 Å². The maximum atomic E-state index is 13.0. The molecule has 0 aliphatic heterocycles. The van der Waals surface area contributed by atoms with Gasteiger partial charge < -0.3 is 14.2 Å². The highest BCUT2D eigenvalue weighted by Gasteiger charge is 2.19. The van der Waals surface area contributed by atoms with E-state index in [1.807, 2.05) is 19.1 Å². The summed E-state index contributed by atoms with van der Waals surface area (Å²) < 4.78 is 18.2. The average Bonchev–Trinajstić information content (AvgIpc) is 3.18. The van der Waals surface area contributed by atoms with Gasteiger partial charge in [0.15, 0.2) is 11.5 Å². The molecule has 0 radical (unpaired) electrons. The fraction of sp³-hybridized carbons (Fsp3) is 0.200. The number of methoxy groups -OCH3 is 3. The van der Waals surface area contributed by atoms with Crippen LogP contribution in [0.4, 0.5) is 0 Å². The summed E-state index contributed by atoms with van der Waals surface area (Å²) in [6, 6.07) is 10.5. The predicted molar refractivity (Wildman–Crippen MR) is 113 cm³/mol. The molecule has 4 rings (SSSR count). The molecule has 0 aliphatic rings. The van der Waals surface area contributed by atoms with Crippen LogP contribution in [-0.4, -0.2) is 40.5 Å². The van der Waals surface area contributed by atoms with Crippen molar-refractivity contribution < 1.29 is 14.2 Å². The van der Waals surface area contributed by atoms with Gasteiger partial charge in [-0.3, -0.25) is 0 Å². The van der Waals surface area contributed by atoms with Gasteiger partial charge in [0, 0.05) is 5.56 Å². The van der Waals surface area contributed by atoms with E-state index in [-0.39, 0.29) is 4.96 Å². The minimum Gasteiger partial charge on any atom is -0.493 e. The lowest BCUT2D eigenvalue weighted by Crippen LogP contribution is -2.37. The van der Waals surface area contributed by atoms with Crippen LogP contribution in [-0.2, 0) is 0 Å². The maximum absolute atomic E-state index is 13.0. The lowest BCUT2D eigenvalue weighted by atomic mass is 10.2. The fourth-order valence-corrected chi connectivity index (χ4v) is 3.88. The van der Waals surface area contributed by atoms with E-state index in [1.165, 1.54) is 21.3 Å². The number of aromatic nitrogens is 4. The molecule has 0 bridgehead atoms. The molecule has 2 aromatic heterocycles. The molecule has 0 amide bonds. The zero-order valence-electron chi connectivity index (χ0n) is 16.7. The molecule has 0 spiro atoms. The van der Waals surface area contributed by atoms with Gasteiger partial charge in [-0.2, -0.15) is 9.50 Å². The Hall–Kier alpha value is -3.66. The van der Waals surface area contributed by atoms with Crippen LogP contribution < -0.4 is 25.6 Å². The Morgan fingerprint density at radius 1 is 0.933 bits per heavy atom. The summed E-state index contributed by atoms with van der Waals surface area (Å²) in [4.78, 5) is 29.7. The van der Waals surface area contributed by atoms with Crippen molar-refractivity contribution in [2.24, 2.45) is 0 Å². The number of ether oxygens (including phenoxy) is 3. The second-order valence-corrected chi connectivity index (χ2v) is 7.32. The molecule has 0 fully saturated rings. The number of hydrogen-bond donors (Lipinski definition) is 0. The smallest absolute Gasteiger partial charge is 0.360 e. The summed E-state index contributed by atoms with van der Waals surface area (Å²) in [6.07, 6.45) is 0. The molecule has 9 nitrogen and oxygen atoms in total. The van der Waals surface area contributed by atoms with Crippen LogP contribution >= 0.6 is 11.3 Å². The third kappa shape index (κ3) is 3.20. The summed E-state index contributed by atoms with van der Waals surface area (Å²) in [7, 11) is 4.54. The molecule has 30 heavy (non-hydrogen) atoms. The molecular formula is C20H18N4O5S. The van der Waals surface area contributed by atoms with Gasteiger partial charge in [-0.05, 0) is 31.2 Å². The van der Waals surface area contributed by atoms with E-state index in [0.717, 1.165) is 26.0 Å². The van der Waals surface area contributed by atoms with E-state index in [0.29, 0.717) is 33.5 Å². The first-order valence-corrected chi connectivity index (χ1v) is 9.69. The molecular weight excluding hydrogens is 408 g/mol. The van der Waals surface area contributed by atoms with Gasteiger partial charge in [0.2, 0.25) is 10.7 Å². The van der Waals surface area contributed by atoms with Crippen molar-refractivity contribution in [3.05, 3.63) is 62.9 Å². The Kier molecular flexibility index (Phi) is 5.00. The Labute approximate surface area is 174 Å². The number of hydrogen-bond acceptors (Lipinski definition) is 8. The molecule has 0 N–H and O–H groups in total. The molecule has 10 heteroatoms. The first-order valence-electron chi connectivity index (χ1n) is 8.87. The Balaban J connectivity index is 1.91. The van der Waals surface area contributed by atoms with Crippen LogP contribution in [0.15, 0.2) is 46.0 Å². The minimum absolute atomic E-state index is 0.192. The van der Waals surface area contributed by atoms with Crippen LogP contribution in [0.3, 0.4) is 0 Å². The third-order valence-corrected chi connectivity index (χ3v) is 5.48. The van der Waals surface area contributed by atoms with Crippen LogP contribution in [0.2, 0.25) is 0 Å². The Morgan fingerprint density at radius 2 is 1.57 bits per heavy atom. The zero-order chi connectivity index (χ0) is 21.4. The Morgan fingerprint density at radius 3 is 2.13 bits per heavy atom. The van der Waals surface area contributed by atoms with Crippen molar-refractivity contribution in [1.29, 1.82) is 0 Å². The van der Waals surface area contributed by atoms with Crippen molar-refractivity contribution >= 4 is 16.3 Å². The normalized spacial score (nSPS) is 10.9. The van der Waals surface area contributed by atoms with Crippen LogP contribution in [0.1, 0.15) is 5.56 Å². The SMILES string of the molecule is COc1cc(-c2nn3c(=O)n(-c4ccc(C)cc4)c(=O)nc3s2)cc(OC)c1OC. The zero-order valence-corrected chi connectivity index (χ0v) is 17.5. The number of benzene rings is 2. The highest BCUT2D eigenvalue weighted by molar-refractivity contribution is 7.19. The predicted octanol–water partition coefficient (Wildman–Crippen LogP) is 2.30. The summed E-state index contributed by atoms with van der Waals surface area (Å²) >= 11 is 1.11. The molecule has 0 atom stereocenters. The van der Waals surface area contributed by atoms with Gasteiger partial charge in [-0.1, -0.05) is 29.0 Å². The molecule has 0 saturated carbocycles. The average molecular weight is 426 g/mol. The van der Waals surface area contributed by atoms with Gasteiger partial charge in [-0.15, -0.1) is 5.10 Å². The van der Waals surface area contributed by atoms with Crippen molar-refractivity contribution in [3.8, 4) is 33.5 Å². The van der Waals surface area contributed by atoms with E-state index in [9.17, 15) is 9.59 Å². The summed E-state index contributed by atoms with van der Waals surface area (Å²) in [5, 5.41) is 4.85. The standard InChI is InChI=1S/C20H18N4O5S/c1-11-5-7-13(8-6-11)23-18(25)21-19-24(20(23)26)22-17(30-19)12-9-14(27-2)16(29-4)15(10-12)28-3/h5-10H,1-4H3. The number of nitrogens with zero attached hydrogens (tertiary/aromatic N) is 4. The van der Waals surface area contributed by atoms with Gasteiger partial charge in [0.25, 0.3) is 0 Å². The fourth-order valence-electron chi connectivity index (χ4n) is 3.02. The first kappa shape index (κ1) is 19.6. The molecule has 0 saturated heterocycles. The first-order chi connectivity index (χ1) is 14.5. The molecule has 154 valence electrons. The lowest BCUT2D eigenvalue weighted by Gasteiger charge is -2.13. The van der Waals surface area contributed by atoms with E-state index < -0.39 is 11.4 Å². The highest BCUT2D eigenvalue weighted by Crippen LogP contribution is 2.41. The molecule has 2 aromatic carbocycles. The number of fused-ring (bicyclic) bond motifs is 1. The molecule has 4 aromatic rings. The van der Waals surface area contributed by atoms with E-state index >= 15 is 0 Å². The lowest BCUT2D eigenvalue weighted by molar-refractivity contribution is 0.324. The van der Waals surface area contributed by atoms with Crippen molar-refractivity contribution in [3.63, 3.8) is 0 Å². The van der Waals surface area contributed by atoms with Crippen LogP contribution in [0.25, 0.3) is 21.2 Å². The van der Waals surface area contributed by atoms with E-state index in [1.54, 1.807) is 24.3 Å². The van der Waals surface area contributed by atoms with Gasteiger partial charge in [-0.25, -0.2) is 14.2 Å².